The van der Waals surface area contributed by atoms with Crippen molar-refractivity contribution in [2.45, 2.75) is 25.2 Å². The van der Waals surface area contributed by atoms with Gasteiger partial charge in [0.1, 0.15) is 17.2 Å². The fraction of sp³-hybridized carbons (Fsp3) is 0.429. The maximum absolute atomic E-state index is 13.5. The van der Waals surface area contributed by atoms with Gasteiger partial charge >= 0.3 is 0 Å². The molecule has 0 fully saturated rings. The molecule has 0 aliphatic heterocycles. The molecule has 0 aliphatic rings. The summed E-state index contributed by atoms with van der Waals surface area (Å²) in [5.74, 6) is 0.794. The second kappa shape index (κ2) is 11.0. The maximum Gasteiger partial charge on any atom is 0.297 e. The van der Waals surface area contributed by atoms with Crippen molar-refractivity contribution >= 4 is 21.4 Å². The summed E-state index contributed by atoms with van der Waals surface area (Å²) in [5, 5.41) is 11.7. The Balaban J connectivity index is 2.51. The zero-order valence-electron chi connectivity index (χ0n) is 18.3. The van der Waals surface area contributed by atoms with Crippen LogP contribution in [-0.4, -0.2) is 58.6 Å². The van der Waals surface area contributed by atoms with E-state index in [1.54, 1.807) is 12.1 Å². The van der Waals surface area contributed by atoms with Gasteiger partial charge in [0, 0.05) is 6.54 Å². The average Bonchev–Trinajstić information content (AvgIpc) is 2.78. The van der Waals surface area contributed by atoms with Gasteiger partial charge in [0.15, 0.2) is 0 Å². The monoisotopic (exact) mass is 451 g/mol. The number of nitro groups is 1. The summed E-state index contributed by atoms with van der Waals surface area (Å²) in [6.45, 7) is 6.51. The Hall–Kier alpha value is -2.85. The van der Waals surface area contributed by atoms with Crippen molar-refractivity contribution in [3.8, 4) is 11.5 Å². The summed E-state index contributed by atoms with van der Waals surface area (Å²) < 4.78 is 38.3. The molecule has 31 heavy (non-hydrogen) atoms. The molecule has 0 radical (unpaired) electrons. The van der Waals surface area contributed by atoms with Gasteiger partial charge in [-0.15, -0.1) is 0 Å². The molecule has 0 aliphatic carbocycles. The molecule has 0 aromatic heterocycles. The first-order valence-corrected chi connectivity index (χ1v) is 11.4. The van der Waals surface area contributed by atoms with E-state index in [0.717, 1.165) is 17.4 Å². The summed E-state index contributed by atoms with van der Waals surface area (Å²) in [4.78, 5) is 13.3. The largest absolute Gasteiger partial charge is 0.497 e. The lowest BCUT2D eigenvalue weighted by atomic mass is 10.2. The third kappa shape index (κ3) is 5.86. The number of nitro benzene ring substituents is 1. The molecule has 0 amide bonds. The molecular weight excluding hydrogens is 422 g/mol. The molecule has 0 unspecified atom stereocenters. The smallest absolute Gasteiger partial charge is 0.297 e. The molecule has 10 heteroatoms. The van der Waals surface area contributed by atoms with E-state index in [1.165, 1.54) is 44.6 Å². The predicted molar refractivity (Wildman–Crippen MR) is 120 cm³/mol. The highest BCUT2D eigenvalue weighted by Gasteiger charge is 2.30. The number of methoxy groups -OCH3 is 2. The highest BCUT2D eigenvalue weighted by atomic mass is 32.2. The molecule has 0 bridgehead atoms. The lowest BCUT2D eigenvalue weighted by Crippen LogP contribution is -2.35. The molecule has 2 aromatic rings. The van der Waals surface area contributed by atoms with Gasteiger partial charge in [-0.05, 0) is 62.5 Å². The van der Waals surface area contributed by atoms with Crippen molar-refractivity contribution in [2.75, 3.05) is 44.7 Å². The molecular formula is C21H29N3O6S. The van der Waals surface area contributed by atoms with E-state index in [1.807, 2.05) is 13.8 Å². The van der Waals surface area contributed by atoms with Gasteiger partial charge in [0.2, 0.25) is 0 Å². The number of hydrogen-bond donors (Lipinski definition) is 0. The number of anilines is 1. The first-order chi connectivity index (χ1) is 14.8. The minimum absolute atomic E-state index is 0.00108. The number of ether oxygens (including phenoxy) is 2. The summed E-state index contributed by atoms with van der Waals surface area (Å²) in [6.07, 6.45) is 0.514. The number of rotatable bonds is 12. The third-order valence-corrected chi connectivity index (χ3v) is 6.85. The number of hydrogen-bond acceptors (Lipinski definition) is 7. The van der Waals surface area contributed by atoms with Gasteiger partial charge in [0.25, 0.3) is 15.7 Å². The Morgan fingerprint density at radius 1 is 0.935 bits per heavy atom. The van der Waals surface area contributed by atoms with Gasteiger partial charge in [-0.25, -0.2) is 8.42 Å². The maximum atomic E-state index is 13.5. The van der Waals surface area contributed by atoms with Crippen LogP contribution in [0, 0.1) is 10.1 Å². The zero-order valence-corrected chi connectivity index (χ0v) is 19.1. The Labute approximate surface area is 183 Å². The van der Waals surface area contributed by atoms with Crippen molar-refractivity contribution in [1.29, 1.82) is 0 Å². The normalized spacial score (nSPS) is 11.4. The van der Waals surface area contributed by atoms with Crippen LogP contribution in [0.4, 0.5) is 11.4 Å². The van der Waals surface area contributed by atoms with E-state index in [0.29, 0.717) is 18.7 Å². The fourth-order valence-electron chi connectivity index (χ4n) is 3.21. The van der Waals surface area contributed by atoms with Crippen LogP contribution in [0.25, 0.3) is 0 Å². The van der Waals surface area contributed by atoms with Crippen LogP contribution in [0.5, 0.6) is 11.5 Å². The Morgan fingerprint density at radius 3 is 2.03 bits per heavy atom. The zero-order chi connectivity index (χ0) is 23.0. The SMILES string of the molecule is CCN(CC)CCCN(c1ccc(OC)cc1[N+](=O)[O-])S(=O)(=O)c1ccc(OC)cc1. The summed E-state index contributed by atoms with van der Waals surface area (Å²) in [7, 11) is -1.16. The highest BCUT2D eigenvalue weighted by Crippen LogP contribution is 2.35. The Kier molecular flexibility index (Phi) is 8.64. The van der Waals surface area contributed by atoms with Crippen LogP contribution in [-0.2, 0) is 10.0 Å². The second-order valence-corrected chi connectivity index (χ2v) is 8.61. The van der Waals surface area contributed by atoms with Gasteiger partial charge in [-0.2, -0.15) is 0 Å². The van der Waals surface area contributed by atoms with Crippen LogP contribution < -0.4 is 13.8 Å². The molecule has 0 saturated heterocycles. The topological polar surface area (TPSA) is 102 Å². The molecule has 2 aromatic carbocycles. The van der Waals surface area contributed by atoms with Gasteiger partial charge < -0.3 is 14.4 Å². The Bertz CT molecular complexity index is 975. The van der Waals surface area contributed by atoms with Gasteiger partial charge in [-0.1, -0.05) is 13.8 Å². The number of nitrogens with zero attached hydrogens (tertiary/aromatic N) is 3. The second-order valence-electron chi connectivity index (χ2n) is 6.74. The van der Waals surface area contributed by atoms with Gasteiger partial charge in [0.05, 0.1) is 30.1 Å². The van der Waals surface area contributed by atoms with Crippen LogP contribution in [0.2, 0.25) is 0 Å². The van der Waals surface area contributed by atoms with E-state index in [-0.39, 0.29) is 28.6 Å². The predicted octanol–water partition coefficient (Wildman–Crippen LogP) is 3.54. The lowest BCUT2D eigenvalue weighted by Gasteiger charge is -2.26. The Morgan fingerprint density at radius 2 is 1.52 bits per heavy atom. The standard InChI is InChI=1S/C21H29N3O6S/c1-5-22(6-2)14-7-15-23(20-13-10-18(30-4)16-21(20)24(25)26)31(27,28)19-11-8-17(29-3)9-12-19/h8-13,16H,5-7,14-15H2,1-4H3. The van der Waals surface area contributed by atoms with E-state index < -0.39 is 14.9 Å². The van der Waals surface area contributed by atoms with E-state index in [4.69, 9.17) is 9.47 Å². The molecule has 170 valence electrons. The van der Waals surface area contributed by atoms with Crippen molar-refractivity contribution < 1.29 is 22.8 Å². The molecule has 2 rings (SSSR count). The van der Waals surface area contributed by atoms with Crippen molar-refractivity contribution in [3.63, 3.8) is 0 Å². The van der Waals surface area contributed by atoms with Crippen molar-refractivity contribution in [2.24, 2.45) is 0 Å². The van der Waals surface area contributed by atoms with Crippen molar-refractivity contribution in [1.82, 2.24) is 4.90 Å². The number of benzene rings is 2. The fourth-order valence-corrected chi connectivity index (χ4v) is 4.73. The first-order valence-electron chi connectivity index (χ1n) is 10.00. The minimum atomic E-state index is -4.05. The van der Waals surface area contributed by atoms with Crippen LogP contribution >= 0.6 is 0 Å². The van der Waals surface area contributed by atoms with Crippen LogP contribution in [0.1, 0.15) is 20.3 Å². The summed E-state index contributed by atoms with van der Waals surface area (Å²) >= 11 is 0. The average molecular weight is 452 g/mol. The molecule has 0 heterocycles. The summed E-state index contributed by atoms with van der Waals surface area (Å²) in [5.41, 5.74) is -0.333. The highest BCUT2D eigenvalue weighted by molar-refractivity contribution is 7.92. The third-order valence-electron chi connectivity index (χ3n) is 5.03. The van der Waals surface area contributed by atoms with Gasteiger partial charge in [-0.3, -0.25) is 14.4 Å². The lowest BCUT2D eigenvalue weighted by molar-refractivity contribution is -0.384. The van der Waals surface area contributed by atoms with Crippen molar-refractivity contribution in [3.05, 3.63) is 52.6 Å². The van der Waals surface area contributed by atoms with E-state index in [2.05, 4.69) is 4.90 Å². The molecule has 0 N–H and O–H groups in total. The number of sulfonamides is 1. The van der Waals surface area contributed by atoms with Crippen LogP contribution in [0.3, 0.4) is 0 Å². The first kappa shape index (κ1) is 24.4. The quantitative estimate of drug-likeness (QED) is 0.359. The minimum Gasteiger partial charge on any atom is -0.497 e. The van der Waals surface area contributed by atoms with E-state index >= 15 is 0 Å². The molecule has 0 spiro atoms. The molecule has 9 nitrogen and oxygen atoms in total. The molecule has 0 saturated carbocycles. The van der Waals surface area contributed by atoms with Crippen LogP contribution in [0.15, 0.2) is 47.4 Å². The summed E-state index contributed by atoms with van der Waals surface area (Å²) in [6, 6.07) is 10.1. The molecule has 0 atom stereocenters. The van der Waals surface area contributed by atoms with E-state index in [9.17, 15) is 18.5 Å².